The minimum Gasteiger partial charge on any atom is -0.457 e. The van der Waals surface area contributed by atoms with Gasteiger partial charge in [-0.3, -0.25) is 49.6 Å². The quantitative estimate of drug-likeness (QED) is 0.236. The third-order valence-electron chi connectivity index (χ3n) is 7.30. The van der Waals surface area contributed by atoms with Crippen LogP contribution >= 0.6 is 0 Å². The summed E-state index contributed by atoms with van der Waals surface area (Å²) in [6, 6.07) is 20.9. The Labute approximate surface area is 270 Å². The molecule has 7 rings (SSSR count). The van der Waals surface area contributed by atoms with E-state index >= 15 is 0 Å². The second-order valence-electron chi connectivity index (χ2n) is 10.3. The normalized spacial score (nSPS) is 13.2. The summed E-state index contributed by atoms with van der Waals surface area (Å²) in [5.41, 5.74) is 5.38. The molecule has 2 aliphatic rings. The Kier molecular flexibility index (Phi) is 7.34. The van der Waals surface area contributed by atoms with Crippen molar-refractivity contribution < 1.29 is 38.2 Å². The summed E-state index contributed by atoms with van der Waals surface area (Å²) in [6.45, 7) is 0. The topological polar surface area (TPSA) is 177 Å². The van der Waals surface area contributed by atoms with Crippen LogP contribution in [0.3, 0.4) is 0 Å². The predicted molar refractivity (Wildman–Crippen MR) is 164 cm³/mol. The summed E-state index contributed by atoms with van der Waals surface area (Å²) < 4.78 is 11.9. The first kappa shape index (κ1) is 29.5. The third-order valence-corrected chi connectivity index (χ3v) is 7.30. The Morgan fingerprint density at radius 2 is 0.854 bits per heavy atom. The van der Waals surface area contributed by atoms with Gasteiger partial charge in [0.15, 0.2) is 0 Å². The van der Waals surface area contributed by atoms with Gasteiger partial charge in [0.2, 0.25) is 0 Å². The Balaban J connectivity index is 1.03. The molecule has 0 bridgehead atoms. The van der Waals surface area contributed by atoms with Crippen molar-refractivity contribution >= 4 is 35.4 Å². The van der Waals surface area contributed by atoms with Crippen LogP contribution in [-0.4, -0.2) is 55.4 Å². The van der Waals surface area contributed by atoms with Gasteiger partial charge in [-0.2, -0.15) is 10.0 Å². The van der Waals surface area contributed by atoms with Crippen LogP contribution in [0, 0.1) is 0 Å². The van der Waals surface area contributed by atoms with Crippen molar-refractivity contribution in [3.8, 4) is 23.0 Å². The van der Waals surface area contributed by atoms with Crippen LogP contribution in [0.15, 0.2) is 110 Å². The minimum atomic E-state index is -0.722. The molecule has 0 unspecified atom stereocenters. The number of ether oxygens (including phenoxy) is 2. The van der Waals surface area contributed by atoms with Crippen molar-refractivity contribution in [3.63, 3.8) is 0 Å². The molecule has 14 nitrogen and oxygen atoms in total. The first-order chi connectivity index (χ1) is 23.3. The molecule has 2 aromatic heterocycles. The van der Waals surface area contributed by atoms with E-state index in [1.54, 1.807) is 24.3 Å². The number of hydrogen-bond donors (Lipinski definition) is 2. The zero-order chi connectivity index (χ0) is 33.4. The molecule has 2 N–H and O–H groups in total. The van der Waals surface area contributed by atoms with Crippen LogP contribution in [0.5, 0.6) is 23.0 Å². The molecule has 0 fully saturated rings. The van der Waals surface area contributed by atoms with E-state index in [4.69, 9.17) is 9.47 Å². The number of hydrogen-bond acceptors (Lipinski definition) is 10. The number of benzene rings is 3. The Bertz CT molecular complexity index is 2020. The molecule has 0 saturated carbocycles. The van der Waals surface area contributed by atoms with Gasteiger partial charge in [0, 0.05) is 42.0 Å². The molecule has 6 amide bonds. The number of pyridine rings is 2. The van der Waals surface area contributed by atoms with E-state index in [2.05, 4.69) is 20.8 Å². The predicted octanol–water partition coefficient (Wildman–Crippen LogP) is 3.94. The van der Waals surface area contributed by atoms with Crippen molar-refractivity contribution in [3.05, 3.63) is 143 Å². The van der Waals surface area contributed by atoms with Gasteiger partial charge in [0.25, 0.3) is 35.4 Å². The second-order valence-corrected chi connectivity index (χ2v) is 10.3. The summed E-state index contributed by atoms with van der Waals surface area (Å²) >= 11 is 0. The SMILES string of the molecule is O=C(NN1C(=O)c2ccc(Oc3cccc(Oc4ccc5c(c4)C(=O)N(NC(=O)c4ccncc4)C5=O)c3)cc2C1=O)c1ccncc1. The van der Waals surface area contributed by atoms with Gasteiger partial charge in [-0.25, -0.2) is 0 Å². The van der Waals surface area contributed by atoms with Crippen molar-refractivity contribution in [2.45, 2.75) is 0 Å². The average molecular weight is 641 g/mol. The summed E-state index contributed by atoms with van der Waals surface area (Å²) in [5.74, 6) is -2.99. The summed E-state index contributed by atoms with van der Waals surface area (Å²) in [6.07, 6.45) is 5.66. The van der Waals surface area contributed by atoms with E-state index in [0.717, 1.165) is 0 Å². The number of hydrazine groups is 2. The van der Waals surface area contributed by atoms with Crippen molar-refractivity contribution in [2.75, 3.05) is 0 Å². The summed E-state index contributed by atoms with van der Waals surface area (Å²) in [4.78, 5) is 84.5. The minimum absolute atomic E-state index is 0.0447. The number of amides is 6. The van der Waals surface area contributed by atoms with Gasteiger partial charge in [0.1, 0.15) is 23.0 Å². The van der Waals surface area contributed by atoms with Gasteiger partial charge in [0.05, 0.1) is 22.3 Å². The van der Waals surface area contributed by atoms with E-state index in [-0.39, 0.29) is 44.9 Å². The lowest BCUT2D eigenvalue weighted by Crippen LogP contribution is -2.45. The highest BCUT2D eigenvalue weighted by atomic mass is 16.5. The van der Waals surface area contributed by atoms with Crippen molar-refractivity contribution in [2.24, 2.45) is 0 Å². The molecule has 4 heterocycles. The lowest BCUT2D eigenvalue weighted by atomic mass is 10.1. The van der Waals surface area contributed by atoms with Crippen LogP contribution in [0.4, 0.5) is 0 Å². The second kappa shape index (κ2) is 11.9. The zero-order valence-electron chi connectivity index (χ0n) is 24.4. The summed E-state index contributed by atoms with van der Waals surface area (Å²) in [5, 5.41) is 1.30. The smallest absolute Gasteiger partial charge is 0.280 e. The Morgan fingerprint density at radius 1 is 0.479 bits per heavy atom. The van der Waals surface area contributed by atoms with E-state index in [1.807, 2.05) is 0 Å². The molecule has 0 atom stereocenters. The molecular weight excluding hydrogens is 620 g/mol. The van der Waals surface area contributed by atoms with Gasteiger partial charge >= 0.3 is 0 Å². The van der Waals surface area contributed by atoms with Gasteiger partial charge < -0.3 is 9.47 Å². The fourth-order valence-corrected chi connectivity index (χ4v) is 4.98. The molecular formula is C34H20N6O8. The standard InChI is InChI=1S/C34H20N6O8/c41-29(19-8-12-35-13-9-19)37-39-31(43)25-6-4-23(17-27(25)33(39)45)47-21-2-1-3-22(16-21)48-24-5-7-26-28(18-24)34(46)40(32(26)44)38-30(42)20-10-14-36-15-11-20/h1-18H,(H,37,41)(H,38,42). The Morgan fingerprint density at radius 3 is 1.27 bits per heavy atom. The molecule has 0 aliphatic carbocycles. The largest absolute Gasteiger partial charge is 0.457 e. The Hall–Kier alpha value is -7.22. The monoisotopic (exact) mass is 640 g/mol. The van der Waals surface area contributed by atoms with Gasteiger partial charge in [-0.05, 0) is 72.8 Å². The fraction of sp³-hybridized carbons (Fsp3) is 0. The van der Waals surface area contributed by atoms with Gasteiger partial charge in [-0.1, -0.05) is 6.07 Å². The molecule has 0 saturated heterocycles. The lowest BCUT2D eigenvalue weighted by Gasteiger charge is -2.14. The molecule has 14 heteroatoms. The molecule has 3 aromatic carbocycles. The van der Waals surface area contributed by atoms with E-state index in [9.17, 15) is 28.8 Å². The van der Waals surface area contributed by atoms with Crippen LogP contribution in [0.1, 0.15) is 62.1 Å². The fourth-order valence-electron chi connectivity index (χ4n) is 4.98. The number of imide groups is 2. The number of fused-ring (bicyclic) bond motifs is 2. The van der Waals surface area contributed by atoms with E-state index in [1.165, 1.54) is 85.5 Å². The third kappa shape index (κ3) is 5.45. The van der Waals surface area contributed by atoms with E-state index < -0.39 is 35.4 Å². The molecule has 2 aliphatic heterocycles. The molecule has 48 heavy (non-hydrogen) atoms. The maximum Gasteiger partial charge on any atom is 0.280 e. The maximum atomic E-state index is 13.0. The van der Waals surface area contributed by atoms with Crippen LogP contribution in [-0.2, 0) is 0 Å². The average Bonchev–Trinajstić information content (AvgIpc) is 3.48. The molecule has 0 spiro atoms. The molecule has 5 aromatic rings. The van der Waals surface area contributed by atoms with Crippen LogP contribution in [0.25, 0.3) is 0 Å². The van der Waals surface area contributed by atoms with Crippen LogP contribution in [0.2, 0.25) is 0 Å². The number of carbonyl (C=O) groups is 6. The number of rotatable bonds is 8. The maximum absolute atomic E-state index is 13.0. The highest BCUT2D eigenvalue weighted by Gasteiger charge is 2.38. The van der Waals surface area contributed by atoms with Gasteiger partial charge in [-0.15, -0.1) is 0 Å². The first-order valence-electron chi connectivity index (χ1n) is 14.2. The summed E-state index contributed by atoms with van der Waals surface area (Å²) in [7, 11) is 0. The molecule has 234 valence electrons. The van der Waals surface area contributed by atoms with Crippen LogP contribution < -0.4 is 20.3 Å². The first-order valence-corrected chi connectivity index (χ1v) is 14.2. The lowest BCUT2D eigenvalue weighted by molar-refractivity contribution is 0.0513. The number of aromatic nitrogens is 2. The molecule has 0 radical (unpaired) electrons. The zero-order valence-corrected chi connectivity index (χ0v) is 24.4. The van der Waals surface area contributed by atoms with E-state index in [0.29, 0.717) is 21.5 Å². The highest BCUT2D eigenvalue weighted by Crippen LogP contribution is 2.33. The number of nitrogens with one attached hydrogen (secondary N) is 2. The van der Waals surface area contributed by atoms with Crippen molar-refractivity contribution in [1.82, 2.24) is 30.8 Å². The number of carbonyl (C=O) groups excluding carboxylic acids is 6. The highest BCUT2D eigenvalue weighted by molar-refractivity contribution is 6.23. The van der Waals surface area contributed by atoms with Crippen molar-refractivity contribution in [1.29, 1.82) is 0 Å². The number of nitrogens with zero attached hydrogens (tertiary/aromatic N) is 4.